The molecule has 0 fully saturated rings. The van der Waals surface area contributed by atoms with E-state index in [1.54, 1.807) is 0 Å². The second-order valence-corrected chi connectivity index (χ2v) is 16.6. The van der Waals surface area contributed by atoms with Crippen molar-refractivity contribution in [1.29, 1.82) is 0 Å². The van der Waals surface area contributed by atoms with Crippen LogP contribution >= 0.6 is 0 Å². The summed E-state index contributed by atoms with van der Waals surface area (Å²) < 4.78 is 99.9. The van der Waals surface area contributed by atoms with Crippen molar-refractivity contribution in [2.75, 3.05) is 11.5 Å². The van der Waals surface area contributed by atoms with Gasteiger partial charge in [0.2, 0.25) is 0 Å². The molecule has 0 spiro atoms. The summed E-state index contributed by atoms with van der Waals surface area (Å²) in [6, 6.07) is 0. The fourth-order valence-corrected chi connectivity index (χ4v) is 6.93. The van der Waals surface area contributed by atoms with Gasteiger partial charge in [0.15, 0.2) is 0 Å². The minimum absolute atomic E-state index is 0.0587. The summed E-state index contributed by atoms with van der Waals surface area (Å²) in [4.78, 5) is 0. The van der Waals surface area contributed by atoms with Crippen LogP contribution in [0.1, 0.15) is 67.2 Å². The van der Waals surface area contributed by atoms with Crippen molar-refractivity contribution in [2.24, 2.45) is 0 Å². The molecule has 0 aliphatic carbocycles. The summed E-state index contributed by atoms with van der Waals surface area (Å²) in [6.45, 7) is 7.83. The molecule has 0 aromatic rings. The van der Waals surface area contributed by atoms with Crippen LogP contribution in [-0.4, -0.2) is 54.7 Å². The average molecular weight is 487 g/mol. The Morgan fingerprint density at radius 2 is 0.750 bits per heavy atom. The van der Waals surface area contributed by atoms with Gasteiger partial charge in [-0.2, -0.15) is 33.7 Å². The highest BCUT2D eigenvalue weighted by atomic mass is 32.3. The van der Waals surface area contributed by atoms with Gasteiger partial charge in [-0.05, 0) is 54.4 Å². The van der Waals surface area contributed by atoms with Crippen molar-refractivity contribution in [3.05, 3.63) is 0 Å². The Morgan fingerprint density at radius 3 is 0.964 bits per heavy atom. The van der Waals surface area contributed by atoms with Gasteiger partial charge in [-0.1, -0.05) is 12.8 Å². The number of hydrogen-bond donors (Lipinski definition) is 0. The minimum Gasteiger partial charge on any atom is -0.198 e. The van der Waals surface area contributed by atoms with Gasteiger partial charge in [-0.25, -0.2) is 0 Å². The zero-order valence-corrected chi connectivity index (χ0v) is 20.2. The van der Waals surface area contributed by atoms with E-state index < -0.39 is 61.5 Å². The van der Waals surface area contributed by atoms with E-state index in [9.17, 15) is 33.7 Å². The maximum absolute atomic E-state index is 11.8. The van der Waals surface area contributed by atoms with Crippen molar-refractivity contribution in [3.8, 4) is 0 Å². The van der Waals surface area contributed by atoms with Crippen molar-refractivity contribution >= 4 is 40.5 Å². The van der Waals surface area contributed by atoms with Crippen molar-refractivity contribution in [2.45, 2.75) is 76.7 Å². The van der Waals surface area contributed by atoms with Crippen molar-refractivity contribution < 1.29 is 40.9 Å². The summed E-state index contributed by atoms with van der Waals surface area (Å²) in [5, 5.41) is 0. The van der Waals surface area contributed by atoms with Crippen LogP contribution in [0.3, 0.4) is 0 Å². The second-order valence-electron chi connectivity index (χ2n) is 8.21. The number of hydrogen-bond acceptors (Lipinski definition) is 10. The summed E-state index contributed by atoms with van der Waals surface area (Å²) >= 11 is 0. The first-order valence-electron chi connectivity index (χ1n) is 8.49. The maximum atomic E-state index is 11.8. The SMILES string of the molecule is CC(C)(C)S(=O)(=O)OS(=O)(=O)CCCCCCS(=O)(=O)OS(=O)(=O)C(C)(C)C. The van der Waals surface area contributed by atoms with Gasteiger partial charge in [0.1, 0.15) is 0 Å². The fraction of sp³-hybridized carbons (Fsp3) is 1.00. The van der Waals surface area contributed by atoms with E-state index in [2.05, 4.69) is 7.26 Å². The van der Waals surface area contributed by atoms with E-state index in [1.807, 2.05) is 0 Å². The molecule has 0 radical (unpaired) electrons. The molecular weight excluding hydrogens is 456 g/mol. The van der Waals surface area contributed by atoms with E-state index in [1.165, 1.54) is 41.5 Å². The first-order chi connectivity index (χ1) is 12.1. The van der Waals surface area contributed by atoms with E-state index >= 15 is 0 Å². The molecule has 0 bridgehead atoms. The molecule has 0 saturated heterocycles. The Hall–Kier alpha value is -0.280. The average Bonchev–Trinajstić information content (AvgIpc) is 2.37. The molecule has 0 amide bonds. The molecule has 14 heteroatoms. The van der Waals surface area contributed by atoms with E-state index in [4.69, 9.17) is 0 Å². The molecule has 170 valence electrons. The molecule has 28 heavy (non-hydrogen) atoms. The zero-order valence-electron chi connectivity index (χ0n) is 17.0. The van der Waals surface area contributed by atoms with Crippen molar-refractivity contribution in [1.82, 2.24) is 0 Å². The molecule has 0 aliphatic rings. The van der Waals surface area contributed by atoms with Crippen LogP contribution in [0.15, 0.2) is 0 Å². The van der Waals surface area contributed by atoms with Crippen LogP contribution in [-0.2, 0) is 47.7 Å². The molecule has 0 aliphatic heterocycles. The molecule has 0 aromatic heterocycles. The van der Waals surface area contributed by atoms with E-state index in [-0.39, 0.29) is 25.7 Å². The molecule has 0 rings (SSSR count). The predicted molar refractivity (Wildman–Crippen MR) is 106 cm³/mol. The van der Waals surface area contributed by atoms with Gasteiger partial charge in [0.05, 0.1) is 21.0 Å². The molecule has 0 atom stereocenters. The highest BCUT2D eigenvalue weighted by Gasteiger charge is 2.36. The van der Waals surface area contributed by atoms with Crippen LogP contribution < -0.4 is 0 Å². The fourth-order valence-electron chi connectivity index (χ4n) is 1.46. The van der Waals surface area contributed by atoms with Gasteiger partial charge in [-0.3, -0.25) is 0 Å². The maximum Gasteiger partial charge on any atom is 0.286 e. The van der Waals surface area contributed by atoms with Crippen molar-refractivity contribution in [3.63, 3.8) is 0 Å². The summed E-state index contributed by atoms with van der Waals surface area (Å²) in [7, 11) is -17.2. The van der Waals surface area contributed by atoms with Crippen LogP contribution in [0.5, 0.6) is 0 Å². The van der Waals surface area contributed by atoms with Gasteiger partial charge in [-0.15, -0.1) is 7.26 Å². The highest BCUT2D eigenvalue weighted by molar-refractivity contribution is 8.01. The Balaban J connectivity index is 4.46. The summed E-state index contributed by atoms with van der Waals surface area (Å²) in [6.07, 6.45) is 0.672. The number of rotatable bonds is 11. The van der Waals surface area contributed by atoms with E-state index in [0.29, 0.717) is 0 Å². The topological polar surface area (TPSA) is 155 Å². The van der Waals surface area contributed by atoms with E-state index in [0.717, 1.165) is 0 Å². The minimum atomic E-state index is -4.29. The normalized spacial score (nSPS) is 14.9. The Bertz CT molecular complexity index is 849. The lowest BCUT2D eigenvalue weighted by Crippen LogP contribution is -2.32. The summed E-state index contributed by atoms with van der Waals surface area (Å²) in [5.74, 6) is -1.08. The molecule has 0 unspecified atom stereocenters. The Kier molecular flexibility index (Phi) is 9.15. The standard InChI is InChI=1S/C14H30O10S4/c1-13(2,3)27(19,20)23-25(15,16)11-9-7-8-10-12-26(17,18)24-28(21,22)14(4,5)6/h7-12H2,1-6H3. The quantitative estimate of drug-likeness (QED) is 0.392. The van der Waals surface area contributed by atoms with Crippen LogP contribution in [0, 0.1) is 0 Å². The molecular formula is C14H30O10S4. The lowest BCUT2D eigenvalue weighted by atomic mass is 10.2. The zero-order chi connectivity index (χ0) is 22.7. The number of unbranched alkanes of at least 4 members (excludes halogenated alkanes) is 3. The second kappa shape index (κ2) is 9.25. The van der Waals surface area contributed by atoms with Gasteiger partial charge in [0.25, 0.3) is 40.5 Å². The summed E-state index contributed by atoms with van der Waals surface area (Å²) in [5.41, 5.74) is 0. The molecule has 0 N–H and O–H groups in total. The highest BCUT2D eigenvalue weighted by Crippen LogP contribution is 2.21. The van der Waals surface area contributed by atoms with Gasteiger partial charge in [0, 0.05) is 0 Å². The lowest BCUT2D eigenvalue weighted by Gasteiger charge is -2.18. The molecule has 0 heterocycles. The van der Waals surface area contributed by atoms with Gasteiger partial charge >= 0.3 is 0 Å². The van der Waals surface area contributed by atoms with Crippen LogP contribution in [0.4, 0.5) is 0 Å². The molecule has 0 saturated carbocycles. The first-order valence-corrected chi connectivity index (χ1v) is 14.5. The Labute approximate surface area is 169 Å². The predicted octanol–water partition coefficient (Wildman–Crippen LogP) is 1.50. The third-order valence-electron chi connectivity index (χ3n) is 3.43. The van der Waals surface area contributed by atoms with Gasteiger partial charge < -0.3 is 0 Å². The first kappa shape index (κ1) is 27.7. The lowest BCUT2D eigenvalue weighted by molar-refractivity contribution is 0.434. The van der Waals surface area contributed by atoms with Crippen LogP contribution in [0.25, 0.3) is 0 Å². The Morgan fingerprint density at radius 1 is 0.500 bits per heavy atom. The third kappa shape index (κ3) is 9.48. The monoisotopic (exact) mass is 486 g/mol. The third-order valence-corrected chi connectivity index (χ3v) is 11.1. The smallest absolute Gasteiger partial charge is 0.198 e. The molecule has 10 nitrogen and oxygen atoms in total. The van der Waals surface area contributed by atoms with Crippen LogP contribution in [0.2, 0.25) is 0 Å². The molecule has 0 aromatic carbocycles. The largest absolute Gasteiger partial charge is 0.286 e.